The standard InChI is InChI=1S/C27H32N4O4S/c1-4-24(32)18-29-36(33,34)27(17-28)19(2)25-9-10-26(30(25)3)22-6-5-21-16-23(8-7-20(21)15-22)31-11-13-35-14-12-31/h5-10,15-16,24,29,32H,4,11-14,18H2,1-3H3/b27-19+. The van der Waals surface area contributed by atoms with Crippen molar-refractivity contribution in [2.45, 2.75) is 26.4 Å². The van der Waals surface area contributed by atoms with Crippen LogP contribution in [0.4, 0.5) is 5.69 Å². The molecular weight excluding hydrogens is 476 g/mol. The van der Waals surface area contributed by atoms with E-state index < -0.39 is 16.1 Å². The molecule has 0 radical (unpaired) electrons. The molecule has 2 heterocycles. The van der Waals surface area contributed by atoms with E-state index in [0.717, 1.165) is 48.3 Å². The molecule has 3 aromatic rings. The average molecular weight is 509 g/mol. The fourth-order valence-electron chi connectivity index (χ4n) is 4.47. The fourth-order valence-corrected chi connectivity index (χ4v) is 5.66. The van der Waals surface area contributed by atoms with E-state index in [-0.39, 0.29) is 11.4 Å². The summed E-state index contributed by atoms with van der Waals surface area (Å²) in [6.45, 7) is 6.50. The Morgan fingerprint density at radius 2 is 1.83 bits per heavy atom. The van der Waals surface area contributed by atoms with E-state index in [9.17, 15) is 18.8 Å². The largest absolute Gasteiger partial charge is 0.392 e. The van der Waals surface area contributed by atoms with Crippen molar-refractivity contribution in [3.05, 3.63) is 59.1 Å². The third-order valence-electron chi connectivity index (χ3n) is 6.69. The van der Waals surface area contributed by atoms with Gasteiger partial charge in [0.2, 0.25) is 0 Å². The van der Waals surface area contributed by atoms with Crippen LogP contribution in [-0.4, -0.2) is 57.0 Å². The molecule has 2 aromatic carbocycles. The number of benzene rings is 2. The molecule has 0 aliphatic carbocycles. The topological polar surface area (TPSA) is 108 Å². The Labute approximate surface area is 212 Å². The van der Waals surface area contributed by atoms with Gasteiger partial charge in [0.1, 0.15) is 6.07 Å². The molecular formula is C27H32N4O4S. The maximum absolute atomic E-state index is 12.8. The number of aliphatic hydroxyl groups is 1. The third-order valence-corrected chi connectivity index (χ3v) is 8.17. The minimum atomic E-state index is -4.06. The highest BCUT2D eigenvalue weighted by atomic mass is 32.2. The maximum atomic E-state index is 12.8. The van der Waals surface area contributed by atoms with Crippen molar-refractivity contribution in [1.82, 2.24) is 9.29 Å². The normalized spacial score (nSPS) is 16.0. The Bertz CT molecular complexity index is 1430. The van der Waals surface area contributed by atoms with Gasteiger partial charge in [0.25, 0.3) is 10.0 Å². The SMILES string of the molecule is CCC(O)CNS(=O)(=O)/C(C#N)=C(\C)c1ccc(-c2ccc3cc(N4CCOCC4)ccc3c2)n1C. The number of allylic oxidation sites excluding steroid dienone is 2. The van der Waals surface area contributed by atoms with Crippen molar-refractivity contribution in [2.24, 2.45) is 7.05 Å². The summed E-state index contributed by atoms with van der Waals surface area (Å²) in [6, 6.07) is 18.3. The number of hydrogen-bond donors (Lipinski definition) is 2. The Morgan fingerprint density at radius 3 is 2.53 bits per heavy atom. The van der Waals surface area contributed by atoms with Gasteiger partial charge in [-0.2, -0.15) is 5.26 Å². The second-order valence-electron chi connectivity index (χ2n) is 8.99. The van der Waals surface area contributed by atoms with Crippen LogP contribution in [0.1, 0.15) is 26.0 Å². The zero-order valence-corrected chi connectivity index (χ0v) is 21.7. The first kappa shape index (κ1) is 25.9. The number of rotatable bonds is 8. The number of anilines is 1. The maximum Gasteiger partial charge on any atom is 0.251 e. The number of morpholine rings is 1. The van der Waals surface area contributed by atoms with Crippen LogP contribution in [0.3, 0.4) is 0 Å². The number of nitrogens with zero attached hydrogens (tertiary/aromatic N) is 3. The molecule has 9 heteroatoms. The second-order valence-corrected chi connectivity index (χ2v) is 10.7. The van der Waals surface area contributed by atoms with Crippen LogP contribution in [-0.2, 0) is 21.8 Å². The van der Waals surface area contributed by atoms with Gasteiger partial charge >= 0.3 is 0 Å². The number of hydrogen-bond acceptors (Lipinski definition) is 6. The first-order valence-corrected chi connectivity index (χ1v) is 13.5. The molecule has 190 valence electrons. The summed E-state index contributed by atoms with van der Waals surface area (Å²) in [7, 11) is -2.20. The van der Waals surface area contributed by atoms with Gasteiger partial charge in [-0.1, -0.05) is 25.1 Å². The molecule has 1 aliphatic rings. The molecule has 0 saturated carbocycles. The number of sulfonamides is 1. The molecule has 1 saturated heterocycles. The van der Waals surface area contributed by atoms with Crippen molar-refractivity contribution in [2.75, 3.05) is 37.7 Å². The Hall–Kier alpha value is -3.16. The lowest BCUT2D eigenvalue weighted by Gasteiger charge is -2.29. The molecule has 1 aromatic heterocycles. The van der Waals surface area contributed by atoms with Gasteiger partial charge in [-0.3, -0.25) is 0 Å². The van der Waals surface area contributed by atoms with Crippen LogP contribution >= 0.6 is 0 Å². The molecule has 0 bridgehead atoms. The zero-order chi connectivity index (χ0) is 25.9. The minimum Gasteiger partial charge on any atom is -0.392 e. The Kier molecular flexibility index (Phi) is 7.81. The lowest BCUT2D eigenvalue weighted by Crippen LogP contribution is -2.36. The van der Waals surface area contributed by atoms with E-state index >= 15 is 0 Å². The van der Waals surface area contributed by atoms with E-state index in [1.165, 1.54) is 5.69 Å². The van der Waals surface area contributed by atoms with Gasteiger partial charge in [-0.15, -0.1) is 0 Å². The third kappa shape index (κ3) is 5.32. The van der Waals surface area contributed by atoms with Crippen LogP contribution < -0.4 is 9.62 Å². The number of nitrogens with one attached hydrogen (secondary N) is 1. The van der Waals surface area contributed by atoms with E-state index in [1.807, 2.05) is 29.8 Å². The second kappa shape index (κ2) is 10.8. The first-order chi connectivity index (χ1) is 17.2. The lowest BCUT2D eigenvalue weighted by atomic mass is 10.0. The summed E-state index contributed by atoms with van der Waals surface area (Å²) in [6.07, 6.45) is -0.395. The van der Waals surface area contributed by atoms with Gasteiger partial charge in [0.15, 0.2) is 4.91 Å². The first-order valence-electron chi connectivity index (χ1n) is 12.1. The summed E-state index contributed by atoms with van der Waals surface area (Å²) >= 11 is 0. The molecule has 1 fully saturated rings. The van der Waals surface area contributed by atoms with Crippen molar-refractivity contribution in [1.29, 1.82) is 5.26 Å². The molecule has 1 aliphatic heterocycles. The molecule has 2 N–H and O–H groups in total. The molecule has 36 heavy (non-hydrogen) atoms. The summed E-state index contributed by atoms with van der Waals surface area (Å²) in [5, 5.41) is 21.6. The van der Waals surface area contributed by atoms with Crippen molar-refractivity contribution >= 4 is 32.1 Å². The summed E-state index contributed by atoms with van der Waals surface area (Å²) in [4.78, 5) is 1.97. The molecule has 1 atom stereocenters. The van der Waals surface area contributed by atoms with Gasteiger partial charge in [0.05, 0.1) is 19.3 Å². The van der Waals surface area contributed by atoms with Gasteiger partial charge in [-0.25, -0.2) is 13.1 Å². The van der Waals surface area contributed by atoms with Gasteiger partial charge in [-0.05, 0) is 60.0 Å². The summed E-state index contributed by atoms with van der Waals surface area (Å²) in [5.41, 5.74) is 4.07. The van der Waals surface area contributed by atoms with Crippen LogP contribution in [0.2, 0.25) is 0 Å². The minimum absolute atomic E-state index is 0.139. The molecule has 1 unspecified atom stereocenters. The number of fused-ring (bicyclic) bond motifs is 1. The number of ether oxygens (including phenoxy) is 1. The summed E-state index contributed by atoms with van der Waals surface area (Å²) < 4.78 is 35.2. The monoisotopic (exact) mass is 508 g/mol. The number of nitriles is 1. The molecule has 8 nitrogen and oxygen atoms in total. The van der Waals surface area contributed by atoms with Crippen molar-refractivity contribution in [3.8, 4) is 17.3 Å². The highest BCUT2D eigenvalue weighted by Crippen LogP contribution is 2.31. The van der Waals surface area contributed by atoms with E-state index in [0.29, 0.717) is 17.7 Å². The van der Waals surface area contributed by atoms with Crippen LogP contribution in [0.25, 0.3) is 27.6 Å². The van der Waals surface area contributed by atoms with Crippen molar-refractivity contribution in [3.63, 3.8) is 0 Å². The van der Waals surface area contributed by atoms with E-state index in [4.69, 9.17) is 4.74 Å². The van der Waals surface area contributed by atoms with Gasteiger partial charge < -0.3 is 19.3 Å². The van der Waals surface area contributed by atoms with E-state index in [1.54, 1.807) is 13.8 Å². The number of aliphatic hydroxyl groups excluding tert-OH is 1. The smallest absolute Gasteiger partial charge is 0.251 e. The predicted molar refractivity (Wildman–Crippen MR) is 143 cm³/mol. The van der Waals surface area contributed by atoms with Crippen LogP contribution in [0, 0.1) is 11.3 Å². The Morgan fingerprint density at radius 1 is 1.14 bits per heavy atom. The molecule has 0 amide bonds. The molecule has 0 spiro atoms. The number of aromatic nitrogens is 1. The highest BCUT2D eigenvalue weighted by Gasteiger charge is 2.23. The van der Waals surface area contributed by atoms with Gasteiger partial charge in [0, 0.05) is 49.3 Å². The van der Waals surface area contributed by atoms with Crippen LogP contribution in [0.15, 0.2) is 53.4 Å². The van der Waals surface area contributed by atoms with Crippen molar-refractivity contribution < 1.29 is 18.3 Å². The quantitative estimate of drug-likeness (QED) is 0.450. The highest BCUT2D eigenvalue weighted by molar-refractivity contribution is 7.93. The lowest BCUT2D eigenvalue weighted by molar-refractivity contribution is 0.122. The predicted octanol–water partition coefficient (Wildman–Crippen LogP) is 3.63. The van der Waals surface area contributed by atoms with Crippen LogP contribution in [0.5, 0.6) is 0 Å². The average Bonchev–Trinajstić information content (AvgIpc) is 3.28. The summed E-state index contributed by atoms with van der Waals surface area (Å²) in [5.74, 6) is 0. The van der Waals surface area contributed by atoms with E-state index in [2.05, 4.69) is 46.0 Å². The molecule has 4 rings (SSSR count). The Balaban J connectivity index is 1.64. The zero-order valence-electron chi connectivity index (χ0n) is 20.9. The fraction of sp³-hybridized carbons (Fsp3) is 0.370.